The van der Waals surface area contributed by atoms with Gasteiger partial charge in [0, 0.05) is 18.7 Å². The van der Waals surface area contributed by atoms with Crippen molar-refractivity contribution in [1.82, 2.24) is 4.57 Å². The van der Waals surface area contributed by atoms with Gasteiger partial charge in [-0.25, -0.2) is 0 Å². The minimum Gasteiger partial charge on any atom is -0.351 e. The molecule has 0 saturated carbocycles. The van der Waals surface area contributed by atoms with E-state index in [1.54, 1.807) is 4.57 Å². The van der Waals surface area contributed by atoms with Gasteiger partial charge in [0.05, 0.1) is 2.74 Å². The second kappa shape index (κ2) is 1.87. The Morgan fingerprint density at radius 1 is 1.40 bits per heavy atom. The van der Waals surface area contributed by atoms with Crippen LogP contribution >= 0.6 is 0 Å². The summed E-state index contributed by atoms with van der Waals surface area (Å²) in [6.07, 6.45) is 0.274. The zero-order valence-corrected chi connectivity index (χ0v) is 5.76. The second-order valence-electron chi connectivity index (χ2n) is 2.31. The average molecular weight is 133 g/mol. The lowest BCUT2D eigenvalue weighted by atomic mass is 10.2. The smallest absolute Gasteiger partial charge is 0.0818 e. The number of para-hydroxylation sites is 1. The molecule has 0 saturated heterocycles. The molecule has 1 heteroatoms. The van der Waals surface area contributed by atoms with Crippen LogP contribution in [0.1, 0.15) is 2.74 Å². The summed E-state index contributed by atoms with van der Waals surface area (Å²) < 4.78 is 16.9. The Morgan fingerprint density at radius 3 is 3.00 bits per heavy atom. The largest absolute Gasteiger partial charge is 0.351 e. The molecule has 0 N–H and O–H groups in total. The van der Waals surface area contributed by atoms with Crippen LogP contribution in [0.25, 0.3) is 10.9 Å². The zero-order chi connectivity index (χ0) is 8.72. The van der Waals surface area contributed by atoms with E-state index in [1.165, 1.54) is 0 Å². The molecule has 0 aliphatic carbocycles. The predicted molar refractivity (Wildman–Crippen MR) is 42.9 cm³/mol. The SMILES string of the molecule is [2H]c1c([2H])n(C)c2ccccc12. The standard InChI is InChI=1S/C9H9N/c1-10-7-6-8-4-2-3-5-9(8)10/h2-7H,1H3/i6D,7D. The molecule has 1 aromatic heterocycles. The van der Waals surface area contributed by atoms with Gasteiger partial charge in [0.2, 0.25) is 0 Å². The molecule has 0 fully saturated rings. The minimum atomic E-state index is 0.274. The molecule has 0 unspecified atom stereocenters. The molecule has 0 radical (unpaired) electrons. The molecule has 0 spiro atoms. The normalized spacial score (nSPS) is 13.3. The molecule has 1 heterocycles. The maximum absolute atomic E-state index is 7.60. The maximum atomic E-state index is 7.60. The number of hydrogen-bond donors (Lipinski definition) is 0. The second-order valence-corrected chi connectivity index (χ2v) is 2.31. The molecule has 10 heavy (non-hydrogen) atoms. The highest BCUT2D eigenvalue weighted by atomic mass is 14.9. The fourth-order valence-electron chi connectivity index (χ4n) is 1.08. The summed E-state index contributed by atoms with van der Waals surface area (Å²) in [7, 11) is 1.81. The van der Waals surface area contributed by atoms with Crippen molar-refractivity contribution in [3.63, 3.8) is 0 Å². The quantitative estimate of drug-likeness (QED) is 0.519. The number of aromatic nitrogens is 1. The molecule has 0 aliphatic heterocycles. The number of fused-ring (bicyclic) bond motifs is 1. The summed E-state index contributed by atoms with van der Waals surface area (Å²) in [6.45, 7) is 0. The molecule has 1 aromatic carbocycles. The third-order valence-corrected chi connectivity index (χ3v) is 1.62. The third-order valence-electron chi connectivity index (χ3n) is 1.62. The van der Waals surface area contributed by atoms with Gasteiger partial charge in [-0.15, -0.1) is 0 Å². The highest BCUT2D eigenvalue weighted by molar-refractivity contribution is 5.79. The van der Waals surface area contributed by atoms with E-state index < -0.39 is 0 Å². The van der Waals surface area contributed by atoms with Gasteiger partial charge in [0.1, 0.15) is 0 Å². The van der Waals surface area contributed by atoms with Gasteiger partial charge in [-0.1, -0.05) is 18.2 Å². The van der Waals surface area contributed by atoms with Crippen molar-refractivity contribution in [2.75, 3.05) is 0 Å². The van der Waals surface area contributed by atoms with Crippen LogP contribution in [-0.2, 0) is 7.05 Å². The lowest BCUT2D eigenvalue weighted by Gasteiger charge is -1.92. The van der Waals surface area contributed by atoms with Crippen molar-refractivity contribution in [3.05, 3.63) is 36.5 Å². The number of rotatable bonds is 0. The summed E-state index contributed by atoms with van der Waals surface area (Å²) in [6, 6.07) is 7.91. The van der Waals surface area contributed by atoms with E-state index in [1.807, 2.05) is 31.3 Å². The van der Waals surface area contributed by atoms with Gasteiger partial charge in [-0.3, -0.25) is 0 Å². The molecule has 2 aromatic rings. The Hall–Kier alpha value is -1.24. The van der Waals surface area contributed by atoms with E-state index in [-0.39, 0.29) is 6.17 Å². The van der Waals surface area contributed by atoms with Gasteiger partial charge in [-0.2, -0.15) is 0 Å². The lowest BCUT2D eigenvalue weighted by Crippen LogP contribution is -1.81. The van der Waals surface area contributed by atoms with Crippen LogP contribution < -0.4 is 0 Å². The Labute approximate surface area is 62.7 Å². The minimum absolute atomic E-state index is 0.274. The lowest BCUT2D eigenvalue weighted by molar-refractivity contribution is 0.969. The average Bonchev–Trinajstić information content (AvgIpc) is 2.33. The monoisotopic (exact) mass is 133 g/mol. The molecule has 50 valence electrons. The predicted octanol–water partition coefficient (Wildman–Crippen LogP) is 2.18. The van der Waals surface area contributed by atoms with E-state index in [0.29, 0.717) is 6.04 Å². The molecule has 0 amide bonds. The van der Waals surface area contributed by atoms with E-state index >= 15 is 0 Å². The van der Waals surface area contributed by atoms with Gasteiger partial charge in [-0.05, 0) is 17.5 Å². The number of hydrogen-bond acceptors (Lipinski definition) is 0. The summed E-state index contributed by atoms with van der Waals surface area (Å²) >= 11 is 0. The first-order chi connectivity index (χ1) is 5.72. The van der Waals surface area contributed by atoms with E-state index in [4.69, 9.17) is 2.74 Å². The van der Waals surface area contributed by atoms with Crippen molar-refractivity contribution in [1.29, 1.82) is 0 Å². The first-order valence-electron chi connectivity index (χ1n) is 4.22. The molecule has 1 nitrogen and oxygen atoms in total. The summed E-state index contributed by atoms with van der Waals surface area (Å²) in [5, 5.41) is 0.852. The van der Waals surface area contributed by atoms with Crippen LogP contribution in [0.5, 0.6) is 0 Å². The van der Waals surface area contributed by atoms with Crippen LogP contribution in [0, 0.1) is 0 Å². The van der Waals surface area contributed by atoms with Crippen molar-refractivity contribution in [2.45, 2.75) is 0 Å². The first kappa shape index (κ1) is 3.81. The Bertz CT molecular complexity index is 392. The van der Waals surface area contributed by atoms with Crippen LogP contribution in [0.3, 0.4) is 0 Å². The fraction of sp³-hybridized carbons (Fsp3) is 0.111. The molecular weight excluding hydrogens is 122 g/mol. The zero-order valence-electron chi connectivity index (χ0n) is 7.76. The van der Waals surface area contributed by atoms with Crippen LogP contribution in [0.4, 0.5) is 0 Å². The topological polar surface area (TPSA) is 4.93 Å². The third kappa shape index (κ3) is 0.637. The Morgan fingerprint density at radius 2 is 2.20 bits per heavy atom. The van der Waals surface area contributed by atoms with E-state index in [0.717, 1.165) is 10.9 Å². The van der Waals surface area contributed by atoms with E-state index in [2.05, 4.69) is 0 Å². The highest BCUT2D eigenvalue weighted by Gasteiger charge is 1.92. The van der Waals surface area contributed by atoms with Crippen LogP contribution in [0.2, 0.25) is 0 Å². The molecule has 0 bridgehead atoms. The summed E-state index contributed by atoms with van der Waals surface area (Å²) in [5.74, 6) is 0. The van der Waals surface area contributed by atoms with E-state index in [9.17, 15) is 0 Å². The van der Waals surface area contributed by atoms with Gasteiger partial charge < -0.3 is 4.57 Å². The fourth-order valence-corrected chi connectivity index (χ4v) is 1.08. The number of benzene rings is 1. The van der Waals surface area contributed by atoms with Crippen molar-refractivity contribution in [3.8, 4) is 0 Å². The first-order valence-corrected chi connectivity index (χ1v) is 3.22. The molecule has 0 atom stereocenters. The van der Waals surface area contributed by atoms with Crippen LogP contribution in [-0.4, -0.2) is 4.57 Å². The maximum Gasteiger partial charge on any atom is 0.0818 e. The number of nitrogens with zero attached hydrogens (tertiary/aromatic N) is 1. The summed E-state index contributed by atoms with van der Waals surface area (Å²) in [5.41, 5.74) is 0.951. The van der Waals surface area contributed by atoms with Crippen LogP contribution in [0.15, 0.2) is 36.5 Å². The van der Waals surface area contributed by atoms with Gasteiger partial charge in [0.25, 0.3) is 0 Å². The Balaban J connectivity index is 2.99. The van der Waals surface area contributed by atoms with Crippen molar-refractivity contribution >= 4 is 10.9 Å². The van der Waals surface area contributed by atoms with Gasteiger partial charge in [0.15, 0.2) is 0 Å². The van der Waals surface area contributed by atoms with Gasteiger partial charge >= 0.3 is 0 Å². The molecular formula is C9H9N. The highest BCUT2D eigenvalue weighted by Crippen LogP contribution is 2.12. The van der Waals surface area contributed by atoms with Crippen molar-refractivity contribution < 1.29 is 2.74 Å². The molecule has 2 rings (SSSR count). The molecule has 0 aliphatic rings. The Kier molecular flexibility index (Phi) is 0.714. The van der Waals surface area contributed by atoms with Crippen molar-refractivity contribution in [2.24, 2.45) is 7.05 Å². The number of aryl methyl sites for hydroxylation is 1. The summed E-state index contributed by atoms with van der Waals surface area (Å²) in [4.78, 5) is 0.